The molecular weight excluding hydrogens is 166 g/mol. The summed E-state index contributed by atoms with van der Waals surface area (Å²) in [4.78, 5) is 0. The summed E-state index contributed by atoms with van der Waals surface area (Å²) < 4.78 is 0. The molecule has 1 rings (SSSR count). The van der Waals surface area contributed by atoms with Crippen LogP contribution in [-0.2, 0) is 6.42 Å². The molecule has 0 heterocycles. The molecule has 1 unspecified atom stereocenters. The molecule has 3 heteroatoms. The van der Waals surface area contributed by atoms with Gasteiger partial charge in [-0.25, -0.2) is 0 Å². The third-order valence-electron chi connectivity index (χ3n) is 1.74. The Morgan fingerprint density at radius 2 is 2.23 bits per heavy atom. The fourth-order valence-corrected chi connectivity index (χ4v) is 1.10. The second-order valence-corrected chi connectivity index (χ2v) is 2.85. The summed E-state index contributed by atoms with van der Waals surface area (Å²) in [5.41, 5.74) is 1.43. The summed E-state index contributed by atoms with van der Waals surface area (Å²) in [7, 11) is 0. The fourth-order valence-electron chi connectivity index (χ4n) is 1.10. The van der Waals surface area contributed by atoms with Crippen molar-refractivity contribution in [2.24, 2.45) is 0 Å². The number of hydrogen-bond acceptors (Lipinski definition) is 3. The molecule has 0 amide bonds. The number of aliphatic hydroxyl groups excluding tert-OH is 2. The average Bonchev–Trinajstić information content (AvgIpc) is 2.18. The molecule has 0 saturated carbocycles. The van der Waals surface area contributed by atoms with Crippen LogP contribution in [-0.4, -0.2) is 22.9 Å². The third kappa shape index (κ3) is 2.86. The maximum atomic E-state index is 9.14. The van der Waals surface area contributed by atoms with Crippen molar-refractivity contribution >= 4 is 0 Å². The van der Waals surface area contributed by atoms with E-state index in [1.54, 1.807) is 18.2 Å². The van der Waals surface area contributed by atoms with Crippen molar-refractivity contribution in [3.05, 3.63) is 35.4 Å². The zero-order chi connectivity index (χ0) is 9.68. The summed E-state index contributed by atoms with van der Waals surface area (Å²) in [6.45, 7) is -0.253. The lowest BCUT2D eigenvalue weighted by molar-refractivity contribution is 0.0955. The van der Waals surface area contributed by atoms with Gasteiger partial charge in [0.2, 0.25) is 0 Å². The first kappa shape index (κ1) is 9.72. The van der Waals surface area contributed by atoms with Gasteiger partial charge in [-0.3, -0.25) is 0 Å². The first-order chi connectivity index (χ1) is 6.26. The summed E-state index contributed by atoms with van der Waals surface area (Å²) >= 11 is 0. The molecule has 0 fully saturated rings. The van der Waals surface area contributed by atoms with Crippen LogP contribution in [0.15, 0.2) is 24.3 Å². The van der Waals surface area contributed by atoms with Gasteiger partial charge < -0.3 is 10.2 Å². The largest absolute Gasteiger partial charge is 0.394 e. The molecule has 1 aromatic rings. The number of nitrogens with zero attached hydrogens (tertiary/aromatic N) is 1. The van der Waals surface area contributed by atoms with Crippen LogP contribution in [0.4, 0.5) is 0 Å². The molecule has 0 saturated heterocycles. The molecule has 13 heavy (non-hydrogen) atoms. The zero-order valence-corrected chi connectivity index (χ0v) is 7.14. The predicted molar refractivity (Wildman–Crippen MR) is 48.0 cm³/mol. The van der Waals surface area contributed by atoms with E-state index in [4.69, 9.17) is 15.5 Å². The molecule has 1 aromatic carbocycles. The van der Waals surface area contributed by atoms with Gasteiger partial charge in [-0.15, -0.1) is 0 Å². The Morgan fingerprint density at radius 1 is 1.46 bits per heavy atom. The fraction of sp³-hybridized carbons (Fsp3) is 0.300. The highest BCUT2D eigenvalue weighted by atomic mass is 16.3. The molecule has 0 aliphatic carbocycles. The minimum absolute atomic E-state index is 0.253. The van der Waals surface area contributed by atoms with Crippen LogP contribution in [0, 0.1) is 11.3 Å². The van der Waals surface area contributed by atoms with E-state index in [2.05, 4.69) is 0 Å². The van der Waals surface area contributed by atoms with Gasteiger partial charge in [-0.1, -0.05) is 12.1 Å². The lowest BCUT2D eigenvalue weighted by Gasteiger charge is -2.06. The topological polar surface area (TPSA) is 64.2 Å². The van der Waals surface area contributed by atoms with Gasteiger partial charge in [0.15, 0.2) is 0 Å². The molecule has 0 aliphatic heterocycles. The van der Waals surface area contributed by atoms with Crippen molar-refractivity contribution < 1.29 is 10.2 Å². The smallest absolute Gasteiger partial charge is 0.0991 e. The lowest BCUT2D eigenvalue weighted by Crippen LogP contribution is -2.14. The maximum Gasteiger partial charge on any atom is 0.0991 e. The molecule has 0 radical (unpaired) electrons. The van der Waals surface area contributed by atoms with Crippen molar-refractivity contribution in [2.45, 2.75) is 12.5 Å². The highest BCUT2D eigenvalue weighted by Gasteiger charge is 2.03. The Hall–Kier alpha value is -1.37. The molecule has 0 spiro atoms. The van der Waals surface area contributed by atoms with Crippen molar-refractivity contribution in [3.8, 4) is 6.07 Å². The lowest BCUT2D eigenvalue weighted by atomic mass is 10.1. The van der Waals surface area contributed by atoms with Crippen molar-refractivity contribution in [2.75, 3.05) is 6.61 Å². The standard InChI is InChI=1S/C10H11NO2/c11-6-9-3-1-2-8(4-9)5-10(13)7-12/h1-4,10,12-13H,5,7H2. The van der Waals surface area contributed by atoms with Crippen molar-refractivity contribution in [1.82, 2.24) is 0 Å². The molecule has 2 N–H and O–H groups in total. The molecule has 68 valence electrons. The Labute approximate surface area is 76.9 Å². The zero-order valence-electron chi connectivity index (χ0n) is 7.14. The minimum Gasteiger partial charge on any atom is -0.394 e. The SMILES string of the molecule is N#Cc1cccc(CC(O)CO)c1. The first-order valence-electron chi connectivity index (χ1n) is 4.04. The number of hydrogen-bond donors (Lipinski definition) is 2. The van der Waals surface area contributed by atoms with E-state index in [9.17, 15) is 0 Å². The van der Waals surface area contributed by atoms with Crippen LogP contribution in [0.25, 0.3) is 0 Å². The van der Waals surface area contributed by atoms with Gasteiger partial charge in [-0.2, -0.15) is 5.26 Å². The van der Waals surface area contributed by atoms with Crippen molar-refractivity contribution in [1.29, 1.82) is 5.26 Å². The summed E-state index contributed by atoms with van der Waals surface area (Å²) in [6, 6.07) is 9.01. The highest BCUT2D eigenvalue weighted by molar-refractivity contribution is 5.32. The normalized spacial score (nSPS) is 12.1. The molecular formula is C10H11NO2. The quantitative estimate of drug-likeness (QED) is 0.704. The molecule has 3 nitrogen and oxygen atoms in total. The molecule has 0 aromatic heterocycles. The second-order valence-electron chi connectivity index (χ2n) is 2.85. The van der Waals surface area contributed by atoms with Gasteiger partial charge in [0.1, 0.15) is 0 Å². The van der Waals surface area contributed by atoms with E-state index in [0.717, 1.165) is 5.56 Å². The van der Waals surface area contributed by atoms with E-state index in [1.807, 2.05) is 12.1 Å². The van der Waals surface area contributed by atoms with Gasteiger partial charge in [0.05, 0.1) is 24.3 Å². The van der Waals surface area contributed by atoms with Crippen LogP contribution in [0.3, 0.4) is 0 Å². The van der Waals surface area contributed by atoms with Gasteiger partial charge in [0, 0.05) is 6.42 Å². The highest BCUT2D eigenvalue weighted by Crippen LogP contribution is 2.06. The third-order valence-corrected chi connectivity index (χ3v) is 1.74. The van der Waals surface area contributed by atoms with E-state index in [1.165, 1.54) is 0 Å². The maximum absolute atomic E-state index is 9.14. The van der Waals surface area contributed by atoms with E-state index in [-0.39, 0.29) is 6.61 Å². The van der Waals surface area contributed by atoms with Crippen molar-refractivity contribution in [3.63, 3.8) is 0 Å². The second kappa shape index (κ2) is 4.61. The number of benzene rings is 1. The molecule has 1 atom stereocenters. The Kier molecular flexibility index (Phi) is 3.44. The van der Waals surface area contributed by atoms with Gasteiger partial charge >= 0.3 is 0 Å². The van der Waals surface area contributed by atoms with E-state index in [0.29, 0.717) is 12.0 Å². The number of nitriles is 1. The average molecular weight is 177 g/mol. The first-order valence-corrected chi connectivity index (χ1v) is 4.04. The van der Waals surface area contributed by atoms with E-state index >= 15 is 0 Å². The minimum atomic E-state index is -0.742. The van der Waals surface area contributed by atoms with Crippen LogP contribution in [0.1, 0.15) is 11.1 Å². The van der Waals surface area contributed by atoms with E-state index < -0.39 is 6.10 Å². The van der Waals surface area contributed by atoms with Crippen LogP contribution in [0.5, 0.6) is 0 Å². The number of aliphatic hydroxyl groups is 2. The Balaban J connectivity index is 2.73. The Morgan fingerprint density at radius 3 is 2.85 bits per heavy atom. The van der Waals surface area contributed by atoms with Gasteiger partial charge in [0.25, 0.3) is 0 Å². The monoisotopic (exact) mass is 177 g/mol. The predicted octanol–water partition coefficient (Wildman–Crippen LogP) is 0.454. The summed E-state index contributed by atoms with van der Waals surface area (Å²) in [5, 5.41) is 26.3. The molecule has 0 bridgehead atoms. The Bertz CT molecular complexity index is 317. The molecule has 0 aliphatic rings. The van der Waals surface area contributed by atoms with Crippen LogP contribution < -0.4 is 0 Å². The van der Waals surface area contributed by atoms with Gasteiger partial charge in [-0.05, 0) is 17.7 Å². The van der Waals surface area contributed by atoms with Crippen LogP contribution in [0.2, 0.25) is 0 Å². The number of rotatable bonds is 3. The van der Waals surface area contributed by atoms with Crippen LogP contribution >= 0.6 is 0 Å². The summed E-state index contributed by atoms with van der Waals surface area (Å²) in [5.74, 6) is 0. The summed E-state index contributed by atoms with van der Waals surface area (Å²) in [6.07, 6.45) is -0.361.